The van der Waals surface area contributed by atoms with E-state index in [4.69, 9.17) is 4.74 Å². The number of aryl methyl sites for hydroxylation is 1. The summed E-state index contributed by atoms with van der Waals surface area (Å²) in [4.78, 5) is 9.05. The molecule has 1 aromatic heterocycles. The molecule has 0 amide bonds. The van der Waals surface area contributed by atoms with E-state index in [1.165, 1.54) is 89.0 Å². The highest BCUT2D eigenvalue weighted by Gasteiger charge is 2.19. The average molecular weight is 437 g/mol. The maximum absolute atomic E-state index is 5.82. The molecule has 1 aromatic carbocycles. The summed E-state index contributed by atoms with van der Waals surface area (Å²) in [5, 5.41) is 0. The molecule has 0 saturated heterocycles. The molecular formula is C29H44N2O. The summed E-state index contributed by atoms with van der Waals surface area (Å²) >= 11 is 0. The second-order valence-corrected chi connectivity index (χ2v) is 9.74. The Morgan fingerprint density at radius 2 is 1.41 bits per heavy atom. The number of hydrogen-bond acceptors (Lipinski definition) is 3. The van der Waals surface area contributed by atoms with Crippen LogP contribution in [0.2, 0.25) is 0 Å². The van der Waals surface area contributed by atoms with E-state index in [1.54, 1.807) is 0 Å². The van der Waals surface area contributed by atoms with Crippen molar-refractivity contribution in [2.45, 2.75) is 104 Å². The van der Waals surface area contributed by atoms with Gasteiger partial charge in [0.2, 0.25) is 0 Å². The van der Waals surface area contributed by atoms with Crippen molar-refractivity contribution < 1.29 is 4.74 Å². The summed E-state index contributed by atoms with van der Waals surface area (Å²) in [7, 11) is 0. The zero-order chi connectivity index (χ0) is 22.4. The molecule has 1 heterocycles. The second-order valence-electron chi connectivity index (χ2n) is 9.74. The zero-order valence-corrected chi connectivity index (χ0v) is 20.5. The molecule has 2 aromatic rings. The van der Waals surface area contributed by atoms with E-state index in [1.807, 2.05) is 12.4 Å². The van der Waals surface area contributed by atoms with E-state index < -0.39 is 0 Å². The van der Waals surface area contributed by atoms with Crippen LogP contribution in [0.5, 0.6) is 5.75 Å². The normalized spacial score (nSPS) is 18.6. The predicted molar refractivity (Wildman–Crippen MR) is 135 cm³/mol. The van der Waals surface area contributed by atoms with Crippen LogP contribution in [0.3, 0.4) is 0 Å². The lowest BCUT2D eigenvalue weighted by Crippen LogP contribution is -2.14. The van der Waals surface area contributed by atoms with E-state index in [0.717, 1.165) is 42.0 Å². The monoisotopic (exact) mass is 436 g/mol. The van der Waals surface area contributed by atoms with Gasteiger partial charge in [-0.05, 0) is 36.7 Å². The second kappa shape index (κ2) is 14.3. The summed E-state index contributed by atoms with van der Waals surface area (Å²) in [6, 6.07) is 8.83. The Bertz CT molecular complexity index is 733. The number of ether oxygens (including phenoxy) is 1. The Labute approximate surface area is 196 Å². The first-order valence-corrected chi connectivity index (χ1v) is 13.3. The third-order valence-corrected chi connectivity index (χ3v) is 7.24. The van der Waals surface area contributed by atoms with Gasteiger partial charge in [-0.1, -0.05) is 109 Å². The first kappa shape index (κ1) is 24.7. The number of nitrogens with zero attached hydrogens (tertiary/aromatic N) is 2. The molecule has 0 N–H and O–H groups in total. The minimum atomic E-state index is 0.755. The molecular weight excluding hydrogens is 392 g/mol. The Morgan fingerprint density at radius 1 is 0.781 bits per heavy atom. The van der Waals surface area contributed by atoms with Crippen molar-refractivity contribution in [3.63, 3.8) is 0 Å². The van der Waals surface area contributed by atoms with Crippen LogP contribution >= 0.6 is 0 Å². The van der Waals surface area contributed by atoms with Gasteiger partial charge in [0.15, 0.2) is 11.6 Å². The number of benzene rings is 1. The van der Waals surface area contributed by atoms with Crippen LogP contribution in [0.4, 0.5) is 0 Å². The highest BCUT2D eigenvalue weighted by atomic mass is 16.5. The van der Waals surface area contributed by atoms with Gasteiger partial charge in [-0.3, -0.25) is 0 Å². The van der Waals surface area contributed by atoms with Crippen molar-refractivity contribution in [3.05, 3.63) is 42.2 Å². The van der Waals surface area contributed by atoms with Crippen LogP contribution in [-0.4, -0.2) is 16.6 Å². The summed E-state index contributed by atoms with van der Waals surface area (Å²) < 4.78 is 5.82. The molecule has 0 unspecified atom stereocenters. The fourth-order valence-corrected chi connectivity index (χ4v) is 4.91. The zero-order valence-electron chi connectivity index (χ0n) is 20.5. The molecule has 32 heavy (non-hydrogen) atoms. The number of unbranched alkanes of at least 4 members (excludes halogenated alkanes) is 6. The summed E-state index contributed by atoms with van der Waals surface area (Å²) in [6.45, 7) is 5.36. The lowest BCUT2D eigenvalue weighted by atomic mass is 9.78. The Balaban J connectivity index is 1.35. The van der Waals surface area contributed by atoms with Gasteiger partial charge in [0, 0.05) is 5.56 Å². The fraction of sp³-hybridized carbons (Fsp3) is 0.655. The molecule has 3 nitrogen and oxygen atoms in total. The van der Waals surface area contributed by atoms with E-state index in [9.17, 15) is 0 Å². The SMILES string of the molecule is CCCCCCCCCOc1cnc(-c2ccc(CCC3CCC(CC)CC3)cc2)nc1. The molecule has 1 fully saturated rings. The quantitative estimate of drug-likeness (QED) is 0.279. The van der Waals surface area contributed by atoms with Gasteiger partial charge in [0.25, 0.3) is 0 Å². The van der Waals surface area contributed by atoms with E-state index >= 15 is 0 Å². The molecule has 0 aliphatic heterocycles. The van der Waals surface area contributed by atoms with Crippen LogP contribution in [0.1, 0.15) is 103 Å². The van der Waals surface area contributed by atoms with Crippen molar-refractivity contribution in [2.24, 2.45) is 11.8 Å². The molecule has 0 bridgehead atoms. The molecule has 0 radical (unpaired) electrons. The molecule has 0 atom stereocenters. The Kier molecular flexibility index (Phi) is 11.0. The van der Waals surface area contributed by atoms with Gasteiger partial charge in [0.1, 0.15) is 0 Å². The minimum absolute atomic E-state index is 0.755. The minimum Gasteiger partial charge on any atom is -0.490 e. The van der Waals surface area contributed by atoms with Gasteiger partial charge >= 0.3 is 0 Å². The molecule has 3 rings (SSSR count). The van der Waals surface area contributed by atoms with Crippen LogP contribution in [0.15, 0.2) is 36.7 Å². The highest BCUT2D eigenvalue weighted by molar-refractivity contribution is 5.55. The van der Waals surface area contributed by atoms with Crippen LogP contribution in [0.25, 0.3) is 11.4 Å². The standard InChI is InChI=1S/C29H44N2O/c1-3-5-6-7-8-9-10-21-32-28-22-30-29(31-23-28)27-19-17-26(18-20-27)16-15-25-13-11-24(4-2)12-14-25/h17-20,22-25H,3-16,21H2,1-2H3. The van der Waals surface area contributed by atoms with E-state index in [-0.39, 0.29) is 0 Å². The van der Waals surface area contributed by atoms with Crippen molar-refractivity contribution in [1.29, 1.82) is 0 Å². The van der Waals surface area contributed by atoms with Gasteiger partial charge < -0.3 is 4.74 Å². The lowest BCUT2D eigenvalue weighted by molar-refractivity contribution is 0.259. The first-order valence-electron chi connectivity index (χ1n) is 13.3. The molecule has 1 aliphatic carbocycles. The molecule has 1 saturated carbocycles. The smallest absolute Gasteiger partial charge is 0.159 e. The fourth-order valence-electron chi connectivity index (χ4n) is 4.91. The van der Waals surface area contributed by atoms with Gasteiger partial charge in [-0.2, -0.15) is 0 Å². The average Bonchev–Trinajstić information content (AvgIpc) is 2.85. The number of hydrogen-bond donors (Lipinski definition) is 0. The van der Waals surface area contributed by atoms with E-state index in [2.05, 4.69) is 48.1 Å². The lowest BCUT2D eigenvalue weighted by Gasteiger charge is -2.27. The largest absolute Gasteiger partial charge is 0.490 e. The van der Waals surface area contributed by atoms with Gasteiger partial charge in [0.05, 0.1) is 19.0 Å². The first-order chi connectivity index (χ1) is 15.8. The summed E-state index contributed by atoms with van der Waals surface area (Å²) in [5.74, 6) is 3.46. The number of aromatic nitrogens is 2. The maximum atomic E-state index is 5.82. The van der Waals surface area contributed by atoms with E-state index in [0.29, 0.717) is 0 Å². The van der Waals surface area contributed by atoms with Crippen LogP contribution in [0, 0.1) is 11.8 Å². The maximum Gasteiger partial charge on any atom is 0.159 e. The molecule has 0 spiro atoms. The van der Waals surface area contributed by atoms with Crippen molar-refractivity contribution in [3.8, 4) is 17.1 Å². The molecule has 1 aliphatic rings. The van der Waals surface area contributed by atoms with Gasteiger partial charge in [-0.25, -0.2) is 9.97 Å². The Morgan fingerprint density at radius 3 is 2.06 bits per heavy atom. The van der Waals surface area contributed by atoms with Crippen molar-refractivity contribution in [1.82, 2.24) is 9.97 Å². The van der Waals surface area contributed by atoms with Gasteiger partial charge in [-0.15, -0.1) is 0 Å². The number of rotatable bonds is 14. The topological polar surface area (TPSA) is 35.0 Å². The third kappa shape index (κ3) is 8.56. The third-order valence-electron chi connectivity index (χ3n) is 7.24. The van der Waals surface area contributed by atoms with Crippen molar-refractivity contribution >= 4 is 0 Å². The highest BCUT2D eigenvalue weighted by Crippen LogP contribution is 2.33. The molecule has 3 heteroatoms. The molecule has 176 valence electrons. The summed E-state index contributed by atoms with van der Waals surface area (Å²) in [6.07, 6.45) is 22.3. The Hall–Kier alpha value is -1.90. The van der Waals surface area contributed by atoms with Crippen molar-refractivity contribution in [2.75, 3.05) is 6.61 Å². The van der Waals surface area contributed by atoms with Crippen LogP contribution in [-0.2, 0) is 6.42 Å². The summed E-state index contributed by atoms with van der Waals surface area (Å²) in [5.41, 5.74) is 2.51. The van der Waals surface area contributed by atoms with Crippen LogP contribution < -0.4 is 4.74 Å². The predicted octanol–water partition coefficient (Wildman–Crippen LogP) is 8.42.